The number of nitrogens with one attached hydrogen (secondary N) is 1. The Morgan fingerprint density at radius 1 is 0.854 bits per heavy atom. The minimum absolute atomic E-state index is 0.108. The maximum Gasteiger partial charge on any atom is 0.264 e. The molecule has 3 aromatic carbocycles. The van der Waals surface area contributed by atoms with Gasteiger partial charge in [-0.15, -0.1) is 0 Å². The summed E-state index contributed by atoms with van der Waals surface area (Å²) in [5.41, 5.74) is 4.16. The maximum atomic E-state index is 14.2. The molecule has 0 aliphatic carbocycles. The average molecular weight is 578 g/mol. The van der Waals surface area contributed by atoms with Gasteiger partial charge in [-0.3, -0.25) is 13.9 Å². The highest BCUT2D eigenvalue weighted by Gasteiger charge is 2.34. The Balaban J connectivity index is 2.06. The molecule has 2 amide bonds. The van der Waals surface area contributed by atoms with Crippen LogP contribution >= 0.6 is 0 Å². The quantitative estimate of drug-likeness (QED) is 0.246. The number of amides is 2. The zero-order valence-electron chi connectivity index (χ0n) is 24.9. The van der Waals surface area contributed by atoms with Gasteiger partial charge in [-0.05, 0) is 62.4 Å². The van der Waals surface area contributed by atoms with E-state index in [1.54, 1.807) is 36.4 Å². The number of anilines is 1. The minimum Gasteiger partial charge on any atom is -0.354 e. The number of nitrogens with zero attached hydrogens (tertiary/aromatic N) is 2. The van der Waals surface area contributed by atoms with Crippen molar-refractivity contribution in [1.82, 2.24) is 10.2 Å². The smallest absolute Gasteiger partial charge is 0.264 e. The van der Waals surface area contributed by atoms with Gasteiger partial charge in [0.25, 0.3) is 10.0 Å². The summed E-state index contributed by atoms with van der Waals surface area (Å²) in [7, 11) is -4.10. The summed E-state index contributed by atoms with van der Waals surface area (Å²) in [6.07, 6.45) is 2.76. The average Bonchev–Trinajstić information content (AvgIpc) is 2.97. The molecule has 0 aliphatic rings. The minimum atomic E-state index is -4.10. The van der Waals surface area contributed by atoms with Crippen LogP contribution in [-0.2, 0) is 32.6 Å². The molecule has 0 saturated carbocycles. The molecule has 0 spiro atoms. The molecule has 1 N–H and O–H groups in total. The van der Waals surface area contributed by atoms with Crippen LogP contribution < -0.4 is 9.62 Å². The molecule has 0 aliphatic heterocycles. The van der Waals surface area contributed by atoms with Crippen LogP contribution in [0.1, 0.15) is 62.3 Å². The standard InChI is InChI=1S/C33H43N3O4S/c1-6-9-22-34-33(38)30(8-3)35(23-27-18-14-25(4)15-19-27)32(37)24-36(31-13-11-10-12-28(31)7-2)41(39,40)29-20-16-26(5)17-21-29/h10-21,30H,6-9,22-24H2,1-5H3,(H,34,38). The zero-order chi connectivity index (χ0) is 30.0. The van der Waals surface area contributed by atoms with E-state index in [0.29, 0.717) is 25.1 Å². The van der Waals surface area contributed by atoms with E-state index in [9.17, 15) is 18.0 Å². The van der Waals surface area contributed by atoms with Crippen LogP contribution in [0.25, 0.3) is 0 Å². The van der Waals surface area contributed by atoms with Crippen molar-refractivity contribution in [3.8, 4) is 0 Å². The Labute approximate surface area is 245 Å². The molecule has 0 bridgehead atoms. The van der Waals surface area contributed by atoms with Crippen molar-refractivity contribution < 1.29 is 18.0 Å². The van der Waals surface area contributed by atoms with Gasteiger partial charge in [0.05, 0.1) is 10.6 Å². The lowest BCUT2D eigenvalue weighted by molar-refractivity contribution is -0.140. The van der Waals surface area contributed by atoms with Gasteiger partial charge in [0.15, 0.2) is 0 Å². The van der Waals surface area contributed by atoms with E-state index in [4.69, 9.17) is 0 Å². The van der Waals surface area contributed by atoms with Gasteiger partial charge < -0.3 is 10.2 Å². The van der Waals surface area contributed by atoms with Gasteiger partial charge in [-0.1, -0.05) is 92.9 Å². The highest BCUT2D eigenvalue weighted by atomic mass is 32.2. The van der Waals surface area contributed by atoms with Crippen molar-refractivity contribution in [2.24, 2.45) is 0 Å². The number of sulfonamides is 1. The van der Waals surface area contributed by atoms with Crippen molar-refractivity contribution in [2.75, 3.05) is 17.4 Å². The van der Waals surface area contributed by atoms with Crippen molar-refractivity contribution >= 4 is 27.5 Å². The molecule has 0 saturated heterocycles. The Hall–Kier alpha value is -3.65. The van der Waals surface area contributed by atoms with Crippen LogP contribution in [0.2, 0.25) is 0 Å². The first-order valence-electron chi connectivity index (χ1n) is 14.4. The molecular weight excluding hydrogens is 534 g/mol. The fourth-order valence-electron chi connectivity index (χ4n) is 4.72. The first-order chi connectivity index (χ1) is 19.6. The molecule has 8 heteroatoms. The maximum absolute atomic E-state index is 14.2. The fourth-order valence-corrected chi connectivity index (χ4v) is 6.17. The highest BCUT2D eigenvalue weighted by Crippen LogP contribution is 2.28. The van der Waals surface area contributed by atoms with E-state index in [1.807, 2.05) is 71.0 Å². The van der Waals surface area contributed by atoms with Crippen molar-refractivity contribution in [2.45, 2.75) is 77.8 Å². The number of carbonyl (C=O) groups excluding carboxylic acids is 2. The molecule has 220 valence electrons. The van der Waals surface area contributed by atoms with Crippen LogP contribution in [0.5, 0.6) is 0 Å². The van der Waals surface area contributed by atoms with Gasteiger partial charge in [-0.25, -0.2) is 8.42 Å². The van der Waals surface area contributed by atoms with E-state index in [-0.39, 0.29) is 17.3 Å². The normalized spacial score (nSPS) is 12.0. The van der Waals surface area contributed by atoms with E-state index < -0.39 is 28.5 Å². The number of para-hydroxylation sites is 1. The summed E-state index contributed by atoms with van der Waals surface area (Å²) in [6, 6.07) is 20.9. The fraction of sp³-hybridized carbons (Fsp3) is 0.394. The van der Waals surface area contributed by atoms with Crippen LogP contribution in [0.3, 0.4) is 0 Å². The summed E-state index contributed by atoms with van der Waals surface area (Å²) in [4.78, 5) is 29.1. The Morgan fingerprint density at radius 3 is 2.05 bits per heavy atom. The summed E-state index contributed by atoms with van der Waals surface area (Å²) in [5, 5.41) is 2.96. The third-order valence-corrected chi connectivity index (χ3v) is 8.99. The largest absolute Gasteiger partial charge is 0.354 e. The van der Waals surface area contributed by atoms with Crippen LogP contribution in [0.15, 0.2) is 77.7 Å². The van der Waals surface area contributed by atoms with Crippen LogP contribution in [0.4, 0.5) is 5.69 Å². The molecule has 7 nitrogen and oxygen atoms in total. The third kappa shape index (κ3) is 8.19. The first-order valence-corrected chi connectivity index (χ1v) is 15.9. The predicted octanol–water partition coefficient (Wildman–Crippen LogP) is 5.78. The molecular formula is C33H43N3O4S. The lowest BCUT2D eigenvalue weighted by Crippen LogP contribution is -2.52. The van der Waals surface area contributed by atoms with Gasteiger partial charge in [0.2, 0.25) is 11.8 Å². The topological polar surface area (TPSA) is 86.8 Å². The van der Waals surface area contributed by atoms with Gasteiger partial charge >= 0.3 is 0 Å². The number of carbonyl (C=O) groups is 2. The van der Waals surface area contributed by atoms with Gasteiger partial charge in [0, 0.05) is 13.1 Å². The van der Waals surface area contributed by atoms with E-state index in [0.717, 1.165) is 35.1 Å². The summed E-state index contributed by atoms with van der Waals surface area (Å²) in [5.74, 6) is -0.673. The third-order valence-electron chi connectivity index (χ3n) is 7.22. The predicted molar refractivity (Wildman–Crippen MR) is 165 cm³/mol. The van der Waals surface area contributed by atoms with E-state index in [1.165, 1.54) is 9.21 Å². The second-order valence-corrected chi connectivity index (χ2v) is 12.2. The van der Waals surface area contributed by atoms with Gasteiger partial charge in [0.1, 0.15) is 12.6 Å². The summed E-state index contributed by atoms with van der Waals surface area (Å²) in [6.45, 7) is 10.0. The number of hydrogen-bond acceptors (Lipinski definition) is 4. The zero-order valence-corrected chi connectivity index (χ0v) is 25.7. The number of aryl methyl sites for hydroxylation is 3. The molecule has 0 radical (unpaired) electrons. The Kier molecular flexibility index (Phi) is 11.5. The van der Waals surface area contributed by atoms with Gasteiger partial charge in [-0.2, -0.15) is 0 Å². The number of benzene rings is 3. The van der Waals surface area contributed by atoms with Crippen LogP contribution in [0, 0.1) is 13.8 Å². The van der Waals surface area contributed by atoms with E-state index >= 15 is 0 Å². The Bertz CT molecular complexity index is 1400. The molecule has 41 heavy (non-hydrogen) atoms. The van der Waals surface area contributed by atoms with E-state index in [2.05, 4.69) is 5.32 Å². The van der Waals surface area contributed by atoms with Crippen molar-refractivity contribution in [3.05, 3.63) is 95.1 Å². The second-order valence-electron chi connectivity index (χ2n) is 10.4. The summed E-state index contributed by atoms with van der Waals surface area (Å²) < 4.78 is 29.4. The number of unbranched alkanes of at least 4 members (excludes halogenated alkanes) is 1. The first kappa shape index (κ1) is 31.9. The molecule has 0 aromatic heterocycles. The molecule has 3 aromatic rings. The molecule has 0 heterocycles. The van der Waals surface area contributed by atoms with Crippen molar-refractivity contribution in [1.29, 1.82) is 0 Å². The number of rotatable bonds is 14. The Morgan fingerprint density at radius 2 is 1.46 bits per heavy atom. The summed E-state index contributed by atoms with van der Waals surface area (Å²) >= 11 is 0. The molecule has 3 rings (SSSR count). The lowest BCUT2D eigenvalue weighted by atomic mass is 10.1. The second kappa shape index (κ2) is 14.8. The van der Waals surface area contributed by atoms with Crippen molar-refractivity contribution in [3.63, 3.8) is 0 Å². The molecule has 1 unspecified atom stereocenters. The lowest BCUT2D eigenvalue weighted by Gasteiger charge is -2.33. The molecule has 0 fully saturated rings. The monoisotopic (exact) mass is 577 g/mol. The molecule has 1 atom stereocenters. The highest BCUT2D eigenvalue weighted by molar-refractivity contribution is 7.92. The number of hydrogen-bond donors (Lipinski definition) is 1. The van der Waals surface area contributed by atoms with Crippen LogP contribution in [-0.4, -0.2) is 44.3 Å². The SMILES string of the molecule is CCCCNC(=O)C(CC)N(Cc1ccc(C)cc1)C(=O)CN(c1ccccc1CC)S(=O)(=O)c1ccc(C)cc1.